The van der Waals surface area contributed by atoms with Crippen LogP contribution in [0.15, 0.2) is 11.1 Å². The molecule has 0 saturated heterocycles. The number of carboxylic acids is 2. The number of carboxylic acid groups (broad SMARTS) is 2. The van der Waals surface area contributed by atoms with Crippen molar-refractivity contribution in [3.8, 4) is 0 Å². The molecule has 0 fully saturated rings. The summed E-state index contributed by atoms with van der Waals surface area (Å²) in [5, 5.41) is 17.5. The predicted molar refractivity (Wildman–Crippen MR) is 52.1 cm³/mol. The van der Waals surface area contributed by atoms with Gasteiger partial charge in [0.15, 0.2) is 0 Å². The van der Waals surface area contributed by atoms with Crippen LogP contribution in [-0.2, 0) is 9.59 Å². The minimum atomic E-state index is -1.34. The summed E-state index contributed by atoms with van der Waals surface area (Å²) >= 11 is 0. The lowest BCUT2D eigenvalue weighted by atomic mass is 9.99. The zero-order chi connectivity index (χ0) is 11.1. The van der Waals surface area contributed by atoms with E-state index >= 15 is 0 Å². The molecule has 0 rings (SSSR count). The lowest BCUT2D eigenvalue weighted by Gasteiger charge is -2.07. The molecule has 0 aliphatic heterocycles. The summed E-state index contributed by atoms with van der Waals surface area (Å²) in [5.41, 5.74) is 0.0868. The topological polar surface area (TPSA) is 74.6 Å². The Bertz CT molecular complexity index is 229. The van der Waals surface area contributed by atoms with Crippen LogP contribution in [0.3, 0.4) is 0 Å². The number of rotatable bonds is 6. The summed E-state index contributed by atoms with van der Waals surface area (Å²) in [7, 11) is 0. The van der Waals surface area contributed by atoms with E-state index in [9.17, 15) is 9.59 Å². The molecule has 0 amide bonds. The largest absolute Gasteiger partial charge is 0.477 e. The molecule has 0 atom stereocenters. The fourth-order valence-corrected chi connectivity index (χ4v) is 1.37. The van der Waals surface area contributed by atoms with Crippen molar-refractivity contribution in [1.29, 1.82) is 0 Å². The second-order valence-corrected chi connectivity index (χ2v) is 3.09. The molecule has 4 nitrogen and oxygen atoms in total. The third-order valence-corrected chi connectivity index (χ3v) is 1.88. The van der Waals surface area contributed by atoms with Crippen molar-refractivity contribution >= 4 is 11.9 Å². The highest BCUT2D eigenvalue weighted by molar-refractivity contribution is 6.13. The Morgan fingerprint density at radius 3 is 1.50 bits per heavy atom. The van der Waals surface area contributed by atoms with E-state index in [2.05, 4.69) is 0 Å². The molecule has 2 N–H and O–H groups in total. The van der Waals surface area contributed by atoms with Gasteiger partial charge in [0.2, 0.25) is 0 Å². The van der Waals surface area contributed by atoms with Crippen molar-refractivity contribution in [2.45, 2.75) is 39.5 Å². The summed E-state index contributed by atoms with van der Waals surface area (Å²) in [4.78, 5) is 21.4. The molecule has 0 aromatic carbocycles. The normalized spacial score (nSPS) is 9.57. The second kappa shape index (κ2) is 6.18. The smallest absolute Gasteiger partial charge is 0.343 e. The first-order valence-corrected chi connectivity index (χ1v) is 4.73. The van der Waals surface area contributed by atoms with Crippen molar-refractivity contribution in [3.05, 3.63) is 11.1 Å². The Morgan fingerprint density at radius 2 is 1.29 bits per heavy atom. The highest BCUT2D eigenvalue weighted by Crippen LogP contribution is 2.17. The third-order valence-electron chi connectivity index (χ3n) is 1.88. The van der Waals surface area contributed by atoms with Crippen LogP contribution in [0.25, 0.3) is 0 Å². The molecule has 0 heterocycles. The first kappa shape index (κ1) is 12.7. The lowest BCUT2D eigenvalue weighted by molar-refractivity contribution is -0.140. The van der Waals surface area contributed by atoms with Gasteiger partial charge in [-0.2, -0.15) is 0 Å². The molecule has 0 spiro atoms. The molecule has 0 aliphatic carbocycles. The van der Waals surface area contributed by atoms with Gasteiger partial charge >= 0.3 is 11.9 Å². The number of carbonyl (C=O) groups is 2. The molecular formula is C10H16O4. The van der Waals surface area contributed by atoms with Gasteiger partial charge in [-0.05, 0) is 18.4 Å². The standard InChI is InChI=1S/C10H16O4/c1-3-5-7(6-4-2)8(9(11)12)10(13)14/h3-6H2,1-2H3,(H,11,12)(H,13,14). The van der Waals surface area contributed by atoms with Gasteiger partial charge in [0.05, 0.1) is 0 Å². The molecule has 0 aliphatic rings. The molecule has 14 heavy (non-hydrogen) atoms. The average Bonchev–Trinajstić information content (AvgIpc) is 2.03. The molecule has 0 bridgehead atoms. The van der Waals surface area contributed by atoms with E-state index in [-0.39, 0.29) is 0 Å². The number of aliphatic carboxylic acids is 2. The minimum Gasteiger partial charge on any atom is -0.477 e. The number of hydrogen-bond donors (Lipinski definition) is 2. The summed E-state index contributed by atoms with van der Waals surface area (Å²) in [6.07, 6.45) is 2.61. The van der Waals surface area contributed by atoms with Crippen molar-refractivity contribution in [1.82, 2.24) is 0 Å². The van der Waals surface area contributed by atoms with Gasteiger partial charge in [-0.3, -0.25) is 0 Å². The van der Waals surface area contributed by atoms with Crippen molar-refractivity contribution < 1.29 is 19.8 Å². The Kier molecular flexibility index (Phi) is 5.60. The van der Waals surface area contributed by atoms with E-state index in [1.807, 2.05) is 13.8 Å². The van der Waals surface area contributed by atoms with Gasteiger partial charge in [0.25, 0.3) is 0 Å². The summed E-state index contributed by atoms with van der Waals surface area (Å²) in [6, 6.07) is 0. The molecule has 0 aromatic rings. The van der Waals surface area contributed by atoms with Crippen molar-refractivity contribution in [3.63, 3.8) is 0 Å². The molecule has 4 heteroatoms. The Morgan fingerprint density at radius 1 is 0.929 bits per heavy atom. The van der Waals surface area contributed by atoms with E-state index in [0.717, 1.165) is 12.8 Å². The lowest BCUT2D eigenvalue weighted by Crippen LogP contribution is -2.14. The van der Waals surface area contributed by atoms with E-state index in [4.69, 9.17) is 10.2 Å². The van der Waals surface area contributed by atoms with Crippen LogP contribution in [0, 0.1) is 0 Å². The quantitative estimate of drug-likeness (QED) is 0.391. The van der Waals surface area contributed by atoms with Crippen molar-refractivity contribution in [2.75, 3.05) is 0 Å². The van der Waals surface area contributed by atoms with Crippen LogP contribution in [0.2, 0.25) is 0 Å². The summed E-state index contributed by atoms with van der Waals surface area (Å²) < 4.78 is 0. The minimum absolute atomic E-state index is 0.450. The van der Waals surface area contributed by atoms with Gasteiger partial charge in [-0.15, -0.1) is 0 Å². The van der Waals surface area contributed by atoms with Gasteiger partial charge in [-0.25, -0.2) is 9.59 Å². The molecule has 0 saturated carbocycles. The van der Waals surface area contributed by atoms with Gasteiger partial charge in [0.1, 0.15) is 5.57 Å². The third kappa shape index (κ3) is 3.60. The van der Waals surface area contributed by atoms with Crippen LogP contribution in [0.1, 0.15) is 39.5 Å². The van der Waals surface area contributed by atoms with Crippen molar-refractivity contribution in [2.24, 2.45) is 0 Å². The fourth-order valence-electron chi connectivity index (χ4n) is 1.37. The first-order valence-electron chi connectivity index (χ1n) is 4.73. The summed E-state index contributed by atoms with van der Waals surface area (Å²) in [6.45, 7) is 3.80. The maximum Gasteiger partial charge on any atom is 0.343 e. The Balaban J connectivity index is 5.03. The van der Waals surface area contributed by atoms with Crippen LogP contribution in [0.5, 0.6) is 0 Å². The monoisotopic (exact) mass is 200 g/mol. The highest BCUT2D eigenvalue weighted by atomic mass is 16.4. The van der Waals surface area contributed by atoms with E-state index in [1.54, 1.807) is 0 Å². The zero-order valence-electron chi connectivity index (χ0n) is 8.54. The van der Waals surface area contributed by atoms with Gasteiger partial charge < -0.3 is 10.2 Å². The molecule has 80 valence electrons. The van der Waals surface area contributed by atoms with Crippen LogP contribution in [0.4, 0.5) is 0 Å². The predicted octanol–water partition coefficient (Wildman–Crippen LogP) is 2.05. The van der Waals surface area contributed by atoms with Gasteiger partial charge in [0, 0.05) is 0 Å². The molecule has 0 unspecified atom stereocenters. The van der Waals surface area contributed by atoms with Crippen LogP contribution >= 0.6 is 0 Å². The maximum absolute atomic E-state index is 10.7. The number of hydrogen-bond acceptors (Lipinski definition) is 2. The first-order chi connectivity index (χ1) is 6.54. The SMILES string of the molecule is CCCC(CCC)=C(C(=O)O)C(=O)O. The van der Waals surface area contributed by atoms with Gasteiger partial charge in [-0.1, -0.05) is 26.7 Å². The Hall–Kier alpha value is -1.32. The zero-order valence-corrected chi connectivity index (χ0v) is 8.54. The van der Waals surface area contributed by atoms with E-state index in [1.165, 1.54) is 0 Å². The van der Waals surface area contributed by atoms with E-state index < -0.39 is 17.5 Å². The second-order valence-electron chi connectivity index (χ2n) is 3.09. The van der Waals surface area contributed by atoms with Crippen LogP contribution < -0.4 is 0 Å². The Labute approximate surface area is 83.2 Å². The highest BCUT2D eigenvalue weighted by Gasteiger charge is 2.20. The average molecular weight is 200 g/mol. The number of allylic oxidation sites excluding steroid dienone is 1. The fraction of sp³-hybridized carbons (Fsp3) is 0.600. The summed E-state index contributed by atoms with van der Waals surface area (Å²) in [5.74, 6) is -2.68. The molecular weight excluding hydrogens is 184 g/mol. The molecule has 0 radical (unpaired) electrons. The van der Waals surface area contributed by atoms with Crippen LogP contribution in [-0.4, -0.2) is 22.2 Å². The molecule has 0 aromatic heterocycles. The maximum atomic E-state index is 10.7. The van der Waals surface area contributed by atoms with E-state index in [0.29, 0.717) is 18.4 Å².